The second kappa shape index (κ2) is 10.3. The largest absolute Gasteiger partial charge is 0.494 e. The van der Waals surface area contributed by atoms with E-state index < -0.39 is 10.0 Å². The van der Waals surface area contributed by atoms with Gasteiger partial charge < -0.3 is 10.1 Å². The van der Waals surface area contributed by atoms with Crippen LogP contribution in [-0.4, -0.2) is 33.7 Å². The van der Waals surface area contributed by atoms with E-state index in [0.29, 0.717) is 30.3 Å². The number of benzene rings is 2. The molecule has 0 aromatic heterocycles. The van der Waals surface area contributed by atoms with E-state index in [2.05, 4.69) is 5.32 Å². The number of hydrogen-bond donors (Lipinski definition) is 1. The molecule has 152 valence electrons. The lowest BCUT2D eigenvalue weighted by atomic mass is 10.2. The Morgan fingerprint density at radius 1 is 1.18 bits per heavy atom. The molecule has 8 heteroatoms. The molecule has 0 saturated carbocycles. The van der Waals surface area contributed by atoms with E-state index >= 15 is 0 Å². The summed E-state index contributed by atoms with van der Waals surface area (Å²) in [6, 6.07) is 14.2. The average Bonchev–Trinajstić information content (AvgIpc) is 2.63. The molecule has 0 saturated heterocycles. The first-order valence-electron chi connectivity index (χ1n) is 9.02. The molecule has 0 atom stereocenters. The molecule has 0 fully saturated rings. The molecule has 1 amide bonds. The number of sulfonamides is 1. The standard InChI is InChI=1S/C20H25ClN2O4S/c1-3-27-19-11-5-4-8-16(19)15-22-20(24)12-7-13-23(28(2,25)26)18-10-6-9-17(21)14-18/h4-6,8-11,14H,3,7,12-13,15H2,1-2H3,(H,22,24). The van der Waals surface area contributed by atoms with Gasteiger partial charge >= 0.3 is 0 Å². The van der Waals surface area contributed by atoms with E-state index in [1.54, 1.807) is 24.3 Å². The average molecular weight is 425 g/mol. The van der Waals surface area contributed by atoms with E-state index in [1.807, 2.05) is 31.2 Å². The molecular formula is C20H25ClN2O4S. The summed E-state index contributed by atoms with van der Waals surface area (Å²) in [5, 5.41) is 3.31. The van der Waals surface area contributed by atoms with Gasteiger partial charge in [-0.1, -0.05) is 35.9 Å². The van der Waals surface area contributed by atoms with Gasteiger partial charge in [-0.25, -0.2) is 8.42 Å². The maximum Gasteiger partial charge on any atom is 0.232 e. The van der Waals surface area contributed by atoms with Gasteiger partial charge in [0.1, 0.15) is 5.75 Å². The summed E-state index contributed by atoms with van der Waals surface area (Å²) in [4.78, 5) is 12.2. The van der Waals surface area contributed by atoms with Gasteiger partial charge in [-0.05, 0) is 37.6 Å². The van der Waals surface area contributed by atoms with Crippen molar-refractivity contribution in [2.24, 2.45) is 0 Å². The molecule has 6 nitrogen and oxygen atoms in total. The Hall–Kier alpha value is -2.25. The minimum absolute atomic E-state index is 0.147. The highest BCUT2D eigenvalue weighted by molar-refractivity contribution is 7.92. The molecule has 0 radical (unpaired) electrons. The van der Waals surface area contributed by atoms with E-state index in [0.717, 1.165) is 17.6 Å². The first-order valence-corrected chi connectivity index (χ1v) is 11.2. The molecule has 2 aromatic rings. The summed E-state index contributed by atoms with van der Waals surface area (Å²) in [5.41, 5.74) is 1.38. The van der Waals surface area contributed by atoms with Crippen LogP contribution < -0.4 is 14.4 Å². The highest BCUT2D eigenvalue weighted by Gasteiger charge is 2.18. The number of nitrogens with zero attached hydrogens (tertiary/aromatic N) is 1. The van der Waals surface area contributed by atoms with Crippen LogP contribution in [0.25, 0.3) is 0 Å². The first-order chi connectivity index (χ1) is 13.3. The predicted molar refractivity (Wildman–Crippen MR) is 112 cm³/mol. The third-order valence-corrected chi connectivity index (χ3v) is 5.44. The maximum atomic E-state index is 12.2. The van der Waals surface area contributed by atoms with Crippen molar-refractivity contribution in [1.82, 2.24) is 5.32 Å². The van der Waals surface area contributed by atoms with Crippen molar-refractivity contribution in [2.75, 3.05) is 23.7 Å². The Kier molecular flexibility index (Phi) is 8.14. The van der Waals surface area contributed by atoms with Crippen molar-refractivity contribution >= 4 is 33.2 Å². The lowest BCUT2D eigenvalue weighted by molar-refractivity contribution is -0.121. The zero-order chi connectivity index (χ0) is 20.6. The molecule has 0 unspecified atom stereocenters. The SMILES string of the molecule is CCOc1ccccc1CNC(=O)CCCN(c1cccc(Cl)c1)S(C)(=O)=O. The number of rotatable bonds is 10. The fourth-order valence-electron chi connectivity index (χ4n) is 2.73. The topological polar surface area (TPSA) is 75.7 Å². The van der Waals surface area contributed by atoms with Crippen LogP contribution in [0, 0.1) is 0 Å². The van der Waals surface area contributed by atoms with Crippen LogP contribution in [0.2, 0.25) is 5.02 Å². The number of amides is 1. The third kappa shape index (κ3) is 6.73. The number of anilines is 1. The number of para-hydroxylation sites is 1. The van der Waals surface area contributed by atoms with Gasteiger partial charge in [0.2, 0.25) is 15.9 Å². The quantitative estimate of drug-likeness (QED) is 0.632. The van der Waals surface area contributed by atoms with Gasteiger partial charge in [0.25, 0.3) is 0 Å². The highest BCUT2D eigenvalue weighted by Crippen LogP contribution is 2.22. The Balaban J connectivity index is 1.89. The first kappa shape index (κ1) is 22.0. The zero-order valence-electron chi connectivity index (χ0n) is 16.0. The normalized spacial score (nSPS) is 11.1. The second-order valence-corrected chi connectivity index (χ2v) is 8.58. The minimum atomic E-state index is -3.47. The molecular weight excluding hydrogens is 400 g/mol. The molecule has 0 spiro atoms. The van der Waals surface area contributed by atoms with Crippen LogP contribution in [0.15, 0.2) is 48.5 Å². The van der Waals surface area contributed by atoms with Crippen LogP contribution >= 0.6 is 11.6 Å². The van der Waals surface area contributed by atoms with Gasteiger partial charge in [-0.2, -0.15) is 0 Å². The lowest BCUT2D eigenvalue weighted by Crippen LogP contribution is -2.32. The molecule has 0 aliphatic carbocycles. The Labute approximate surface area is 171 Å². The number of halogens is 1. The molecule has 0 bridgehead atoms. The van der Waals surface area contributed by atoms with Crippen molar-refractivity contribution in [3.05, 3.63) is 59.1 Å². The van der Waals surface area contributed by atoms with Crippen molar-refractivity contribution < 1.29 is 17.9 Å². The minimum Gasteiger partial charge on any atom is -0.494 e. The van der Waals surface area contributed by atoms with Gasteiger partial charge in [0.05, 0.1) is 18.6 Å². The van der Waals surface area contributed by atoms with Gasteiger partial charge in [-0.3, -0.25) is 9.10 Å². The third-order valence-electron chi connectivity index (χ3n) is 4.01. The summed E-state index contributed by atoms with van der Waals surface area (Å²) in [7, 11) is -3.47. The summed E-state index contributed by atoms with van der Waals surface area (Å²) in [6.45, 7) is 3.01. The van der Waals surface area contributed by atoms with E-state index in [1.165, 1.54) is 4.31 Å². The van der Waals surface area contributed by atoms with E-state index in [-0.39, 0.29) is 18.9 Å². The fourth-order valence-corrected chi connectivity index (χ4v) is 3.87. The van der Waals surface area contributed by atoms with Gasteiger partial charge in [-0.15, -0.1) is 0 Å². The zero-order valence-corrected chi connectivity index (χ0v) is 17.6. The summed E-state index contributed by atoms with van der Waals surface area (Å²) in [6.07, 6.45) is 1.74. The smallest absolute Gasteiger partial charge is 0.232 e. The number of carbonyl (C=O) groups is 1. The monoisotopic (exact) mass is 424 g/mol. The lowest BCUT2D eigenvalue weighted by Gasteiger charge is -2.22. The van der Waals surface area contributed by atoms with Crippen LogP contribution in [0.1, 0.15) is 25.3 Å². The molecule has 0 aliphatic heterocycles. The molecule has 2 aromatic carbocycles. The van der Waals surface area contributed by atoms with E-state index in [4.69, 9.17) is 16.3 Å². The van der Waals surface area contributed by atoms with Gasteiger partial charge in [0.15, 0.2) is 0 Å². The number of carbonyl (C=O) groups excluding carboxylic acids is 1. The molecule has 2 rings (SSSR count). The summed E-state index contributed by atoms with van der Waals surface area (Å²) < 4.78 is 31.0. The van der Waals surface area contributed by atoms with Crippen molar-refractivity contribution in [2.45, 2.75) is 26.3 Å². The van der Waals surface area contributed by atoms with Crippen molar-refractivity contribution in [3.63, 3.8) is 0 Å². The van der Waals surface area contributed by atoms with Crippen LogP contribution in [0.5, 0.6) is 5.75 Å². The summed E-state index contributed by atoms with van der Waals surface area (Å²) in [5.74, 6) is 0.598. The summed E-state index contributed by atoms with van der Waals surface area (Å²) >= 11 is 5.96. The van der Waals surface area contributed by atoms with Crippen molar-refractivity contribution in [1.29, 1.82) is 0 Å². The van der Waals surface area contributed by atoms with Gasteiger partial charge in [0, 0.05) is 30.1 Å². The highest BCUT2D eigenvalue weighted by atomic mass is 35.5. The fraction of sp³-hybridized carbons (Fsp3) is 0.350. The predicted octanol–water partition coefficient (Wildman–Crippen LogP) is 3.60. The second-order valence-electron chi connectivity index (χ2n) is 6.24. The number of ether oxygens (including phenoxy) is 1. The molecule has 28 heavy (non-hydrogen) atoms. The van der Waals surface area contributed by atoms with Crippen LogP contribution in [-0.2, 0) is 21.4 Å². The Bertz CT molecular complexity index is 903. The Morgan fingerprint density at radius 2 is 1.93 bits per heavy atom. The van der Waals surface area contributed by atoms with E-state index in [9.17, 15) is 13.2 Å². The molecule has 0 heterocycles. The maximum absolute atomic E-state index is 12.2. The van der Waals surface area contributed by atoms with Crippen LogP contribution in [0.3, 0.4) is 0 Å². The Morgan fingerprint density at radius 3 is 2.61 bits per heavy atom. The number of hydrogen-bond acceptors (Lipinski definition) is 4. The molecule has 1 N–H and O–H groups in total. The van der Waals surface area contributed by atoms with Crippen molar-refractivity contribution in [3.8, 4) is 5.75 Å². The van der Waals surface area contributed by atoms with Crippen LogP contribution in [0.4, 0.5) is 5.69 Å². The molecule has 0 aliphatic rings. The number of nitrogens with one attached hydrogen (secondary N) is 1.